The summed E-state index contributed by atoms with van der Waals surface area (Å²) in [6.07, 6.45) is 4.68. The zero-order chi connectivity index (χ0) is 13.7. The molecular formula is C15H14BrNO2. The summed E-state index contributed by atoms with van der Waals surface area (Å²) in [4.78, 5) is 11.7. The standard InChI is InChI=1S/C15H14BrNO2/c1-11(12-4-6-13(16)7-5-12)17-15(18)9-8-14-3-2-10-19-14/h2-11H,1H3,(H,17,18). The van der Waals surface area contributed by atoms with Crippen molar-refractivity contribution in [1.29, 1.82) is 0 Å². The molecule has 0 radical (unpaired) electrons. The van der Waals surface area contributed by atoms with Gasteiger partial charge in [0.15, 0.2) is 0 Å². The van der Waals surface area contributed by atoms with E-state index in [1.165, 1.54) is 6.08 Å². The lowest BCUT2D eigenvalue weighted by Crippen LogP contribution is -2.24. The number of nitrogens with one attached hydrogen (secondary N) is 1. The van der Waals surface area contributed by atoms with Crippen LogP contribution in [0.1, 0.15) is 24.3 Å². The van der Waals surface area contributed by atoms with Gasteiger partial charge < -0.3 is 9.73 Å². The van der Waals surface area contributed by atoms with Crippen molar-refractivity contribution >= 4 is 27.9 Å². The van der Waals surface area contributed by atoms with Crippen LogP contribution in [0.2, 0.25) is 0 Å². The predicted octanol–water partition coefficient (Wildman–Crippen LogP) is 3.93. The summed E-state index contributed by atoms with van der Waals surface area (Å²) in [6, 6.07) is 11.4. The van der Waals surface area contributed by atoms with Crippen molar-refractivity contribution < 1.29 is 9.21 Å². The molecule has 19 heavy (non-hydrogen) atoms. The molecule has 1 unspecified atom stereocenters. The van der Waals surface area contributed by atoms with E-state index in [0.29, 0.717) is 5.76 Å². The van der Waals surface area contributed by atoms with Crippen LogP contribution in [0.5, 0.6) is 0 Å². The fraction of sp³-hybridized carbons (Fsp3) is 0.133. The molecule has 1 aromatic carbocycles. The third kappa shape index (κ3) is 4.10. The maximum absolute atomic E-state index is 11.7. The molecule has 1 amide bonds. The Morgan fingerprint density at radius 1 is 1.32 bits per heavy atom. The Morgan fingerprint density at radius 3 is 2.68 bits per heavy atom. The minimum absolute atomic E-state index is 0.0400. The van der Waals surface area contributed by atoms with Gasteiger partial charge in [-0.15, -0.1) is 0 Å². The molecule has 1 aromatic heterocycles. The number of rotatable bonds is 4. The van der Waals surface area contributed by atoms with Gasteiger partial charge in [-0.1, -0.05) is 28.1 Å². The van der Waals surface area contributed by atoms with Gasteiger partial charge in [0, 0.05) is 10.5 Å². The molecule has 3 nitrogen and oxygen atoms in total. The highest BCUT2D eigenvalue weighted by molar-refractivity contribution is 9.10. The van der Waals surface area contributed by atoms with E-state index in [4.69, 9.17) is 4.42 Å². The summed E-state index contributed by atoms with van der Waals surface area (Å²) in [5.41, 5.74) is 1.06. The molecule has 1 heterocycles. The molecule has 0 spiro atoms. The zero-order valence-electron chi connectivity index (χ0n) is 10.5. The van der Waals surface area contributed by atoms with Gasteiger partial charge in [-0.2, -0.15) is 0 Å². The van der Waals surface area contributed by atoms with E-state index in [2.05, 4.69) is 21.2 Å². The summed E-state index contributed by atoms with van der Waals surface area (Å²) >= 11 is 3.38. The Hall–Kier alpha value is -1.81. The predicted molar refractivity (Wildman–Crippen MR) is 78.4 cm³/mol. The first-order valence-electron chi connectivity index (χ1n) is 5.93. The Kier molecular flexibility index (Phi) is 4.58. The molecule has 2 rings (SSSR count). The molecule has 0 aliphatic rings. The lowest BCUT2D eigenvalue weighted by molar-refractivity contribution is -0.117. The molecule has 0 aliphatic heterocycles. The summed E-state index contributed by atoms with van der Waals surface area (Å²) in [7, 11) is 0. The third-order valence-electron chi connectivity index (χ3n) is 2.67. The van der Waals surface area contributed by atoms with E-state index in [9.17, 15) is 4.79 Å². The normalized spacial score (nSPS) is 12.5. The van der Waals surface area contributed by atoms with Gasteiger partial charge in [0.2, 0.25) is 5.91 Å². The fourth-order valence-corrected chi connectivity index (χ4v) is 1.90. The maximum Gasteiger partial charge on any atom is 0.244 e. The van der Waals surface area contributed by atoms with E-state index < -0.39 is 0 Å². The number of amides is 1. The van der Waals surface area contributed by atoms with Crippen molar-refractivity contribution in [2.75, 3.05) is 0 Å². The van der Waals surface area contributed by atoms with Crippen LogP contribution in [0.4, 0.5) is 0 Å². The average molecular weight is 320 g/mol. The second kappa shape index (κ2) is 6.38. The van der Waals surface area contributed by atoms with Crippen LogP contribution in [0, 0.1) is 0 Å². The number of hydrogen-bond donors (Lipinski definition) is 1. The first kappa shape index (κ1) is 13.6. The van der Waals surface area contributed by atoms with Crippen molar-refractivity contribution in [3.63, 3.8) is 0 Å². The Bertz CT molecular complexity index is 558. The number of benzene rings is 1. The molecule has 0 aliphatic carbocycles. The third-order valence-corrected chi connectivity index (χ3v) is 3.20. The number of furan rings is 1. The largest absolute Gasteiger partial charge is 0.465 e. The van der Waals surface area contributed by atoms with Crippen LogP contribution in [0.3, 0.4) is 0 Å². The highest BCUT2D eigenvalue weighted by atomic mass is 79.9. The average Bonchev–Trinajstić information content (AvgIpc) is 2.90. The highest BCUT2D eigenvalue weighted by Gasteiger charge is 2.07. The fourth-order valence-electron chi connectivity index (χ4n) is 1.64. The second-order valence-electron chi connectivity index (χ2n) is 4.13. The molecule has 4 heteroatoms. The Balaban J connectivity index is 1.93. The highest BCUT2D eigenvalue weighted by Crippen LogP contribution is 2.16. The molecular weight excluding hydrogens is 306 g/mol. The zero-order valence-corrected chi connectivity index (χ0v) is 12.1. The van der Waals surface area contributed by atoms with E-state index in [0.717, 1.165) is 10.0 Å². The summed E-state index contributed by atoms with van der Waals surface area (Å²) in [5, 5.41) is 2.90. The van der Waals surface area contributed by atoms with Gasteiger partial charge >= 0.3 is 0 Å². The topological polar surface area (TPSA) is 42.2 Å². The van der Waals surface area contributed by atoms with Crippen molar-refractivity contribution in [2.24, 2.45) is 0 Å². The number of halogens is 1. The van der Waals surface area contributed by atoms with E-state index in [1.807, 2.05) is 31.2 Å². The first-order valence-corrected chi connectivity index (χ1v) is 6.72. The quantitative estimate of drug-likeness (QED) is 0.867. The van der Waals surface area contributed by atoms with Crippen LogP contribution < -0.4 is 5.32 Å². The molecule has 1 atom stereocenters. The maximum atomic E-state index is 11.7. The first-order chi connectivity index (χ1) is 9.15. The van der Waals surface area contributed by atoms with Gasteiger partial charge in [0.05, 0.1) is 12.3 Å². The minimum Gasteiger partial charge on any atom is -0.465 e. The van der Waals surface area contributed by atoms with Gasteiger partial charge in [0.25, 0.3) is 0 Å². The molecule has 0 fully saturated rings. The van der Waals surface area contributed by atoms with E-state index in [1.54, 1.807) is 24.5 Å². The van der Waals surface area contributed by atoms with Crippen LogP contribution >= 0.6 is 15.9 Å². The summed E-state index contributed by atoms with van der Waals surface area (Å²) in [6.45, 7) is 1.95. The van der Waals surface area contributed by atoms with Gasteiger partial charge in [-0.05, 0) is 42.8 Å². The minimum atomic E-state index is -0.146. The van der Waals surface area contributed by atoms with Gasteiger partial charge in [0.1, 0.15) is 5.76 Å². The Morgan fingerprint density at radius 2 is 2.05 bits per heavy atom. The number of carbonyl (C=O) groups excluding carboxylic acids is 1. The van der Waals surface area contributed by atoms with Crippen molar-refractivity contribution in [3.05, 3.63) is 64.5 Å². The van der Waals surface area contributed by atoms with Crippen molar-refractivity contribution in [3.8, 4) is 0 Å². The molecule has 0 bridgehead atoms. The van der Waals surface area contributed by atoms with E-state index in [-0.39, 0.29) is 11.9 Å². The SMILES string of the molecule is CC(NC(=O)C=Cc1ccco1)c1ccc(Br)cc1. The monoisotopic (exact) mass is 319 g/mol. The molecule has 1 N–H and O–H groups in total. The van der Waals surface area contributed by atoms with E-state index >= 15 is 0 Å². The number of hydrogen-bond acceptors (Lipinski definition) is 2. The van der Waals surface area contributed by atoms with Crippen LogP contribution in [0.25, 0.3) is 6.08 Å². The molecule has 98 valence electrons. The van der Waals surface area contributed by atoms with Crippen LogP contribution in [-0.2, 0) is 4.79 Å². The lowest BCUT2D eigenvalue weighted by atomic mass is 10.1. The van der Waals surface area contributed by atoms with Crippen molar-refractivity contribution in [2.45, 2.75) is 13.0 Å². The summed E-state index contributed by atoms with van der Waals surface area (Å²) in [5.74, 6) is 0.512. The van der Waals surface area contributed by atoms with Gasteiger partial charge in [-0.3, -0.25) is 4.79 Å². The smallest absolute Gasteiger partial charge is 0.244 e. The molecule has 0 saturated carbocycles. The lowest BCUT2D eigenvalue weighted by Gasteiger charge is -2.12. The molecule has 0 saturated heterocycles. The second-order valence-corrected chi connectivity index (χ2v) is 5.05. The molecule has 2 aromatic rings. The Labute approximate surface area is 120 Å². The number of carbonyl (C=O) groups is 1. The van der Waals surface area contributed by atoms with Crippen LogP contribution in [0.15, 0.2) is 57.6 Å². The van der Waals surface area contributed by atoms with Crippen molar-refractivity contribution in [1.82, 2.24) is 5.32 Å². The van der Waals surface area contributed by atoms with Gasteiger partial charge in [-0.25, -0.2) is 0 Å². The summed E-state index contributed by atoms with van der Waals surface area (Å²) < 4.78 is 6.14. The van der Waals surface area contributed by atoms with Crippen LogP contribution in [-0.4, -0.2) is 5.91 Å².